The molecule has 2 aromatic carbocycles. The van der Waals surface area contributed by atoms with Crippen molar-refractivity contribution in [2.24, 2.45) is 7.05 Å². The van der Waals surface area contributed by atoms with Crippen LogP contribution >= 0.6 is 0 Å². The summed E-state index contributed by atoms with van der Waals surface area (Å²) >= 11 is 0. The molecular weight excluding hydrogens is 250 g/mol. The van der Waals surface area contributed by atoms with Gasteiger partial charge in [0.05, 0.1) is 5.52 Å². The second-order valence-corrected chi connectivity index (χ2v) is 4.74. The highest BCUT2D eigenvalue weighted by atomic mass is 16.1. The molecule has 98 valence electrons. The highest BCUT2D eigenvalue weighted by Crippen LogP contribution is 2.19. The molecule has 3 nitrogen and oxygen atoms in total. The fraction of sp³-hybridized carbons (Fsp3) is 0.0588. The van der Waals surface area contributed by atoms with Crippen molar-refractivity contribution < 1.29 is 4.79 Å². The molecule has 0 aliphatic carbocycles. The van der Waals surface area contributed by atoms with Crippen LogP contribution in [0.25, 0.3) is 22.0 Å². The van der Waals surface area contributed by atoms with Gasteiger partial charge in [0.25, 0.3) is 0 Å². The minimum absolute atomic E-state index is 0.0116. The molecule has 0 aliphatic rings. The van der Waals surface area contributed by atoms with Gasteiger partial charge in [-0.1, -0.05) is 36.4 Å². The second-order valence-electron chi connectivity index (χ2n) is 4.74. The van der Waals surface area contributed by atoms with Crippen LogP contribution in [0.3, 0.4) is 0 Å². The first-order valence-corrected chi connectivity index (χ1v) is 6.34. The number of benzene rings is 2. The summed E-state index contributed by atoms with van der Waals surface area (Å²) in [6.45, 7) is 0. The van der Waals surface area contributed by atoms with E-state index in [1.807, 2.05) is 42.1 Å². The molecule has 1 heterocycles. The minimum atomic E-state index is 0.0116. The van der Waals surface area contributed by atoms with Crippen molar-refractivity contribution in [2.75, 3.05) is 0 Å². The fourth-order valence-corrected chi connectivity index (χ4v) is 2.39. The Labute approximate surface area is 116 Å². The summed E-state index contributed by atoms with van der Waals surface area (Å²) < 4.78 is 1.94. The summed E-state index contributed by atoms with van der Waals surface area (Å²) in [4.78, 5) is 23.2. The molecular formula is C17H13NO2. The summed E-state index contributed by atoms with van der Waals surface area (Å²) in [7, 11) is 1.92. The molecule has 1 aromatic heterocycles. The SMILES string of the molecule is Cn1cc(-c2ccc(C=O)cc2)c(=O)c2ccccc21. The number of carbonyl (C=O) groups excluding carboxylic acids is 1. The zero-order chi connectivity index (χ0) is 14.1. The lowest BCUT2D eigenvalue weighted by atomic mass is 10.0. The zero-order valence-electron chi connectivity index (χ0n) is 11.0. The average Bonchev–Trinajstić information content (AvgIpc) is 2.51. The summed E-state index contributed by atoms with van der Waals surface area (Å²) in [5, 5.41) is 0.701. The van der Waals surface area contributed by atoms with Gasteiger partial charge in [0.15, 0.2) is 5.43 Å². The monoisotopic (exact) mass is 263 g/mol. The minimum Gasteiger partial charge on any atom is -0.350 e. The molecule has 20 heavy (non-hydrogen) atoms. The first-order chi connectivity index (χ1) is 9.70. The van der Waals surface area contributed by atoms with Crippen LogP contribution in [0.1, 0.15) is 10.4 Å². The Morgan fingerprint density at radius 1 is 1.00 bits per heavy atom. The van der Waals surface area contributed by atoms with E-state index >= 15 is 0 Å². The van der Waals surface area contributed by atoms with Gasteiger partial charge in [-0.25, -0.2) is 0 Å². The van der Waals surface area contributed by atoms with E-state index in [-0.39, 0.29) is 5.43 Å². The molecule has 0 unspecified atom stereocenters. The van der Waals surface area contributed by atoms with E-state index in [1.165, 1.54) is 0 Å². The third-order valence-corrected chi connectivity index (χ3v) is 3.45. The topological polar surface area (TPSA) is 39.1 Å². The number of aldehydes is 1. The Bertz CT molecular complexity index is 845. The van der Waals surface area contributed by atoms with Gasteiger partial charge in [0, 0.05) is 29.8 Å². The molecule has 3 aromatic rings. The number of aryl methyl sites for hydroxylation is 1. The summed E-state index contributed by atoms with van der Waals surface area (Å²) in [6, 6.07) is 14.6. The van der Waals surface area contributed by atoms with Gasteiger partial charge in [-0.2, -0.15) is 0 Å². The molecule has 3 heteroatoms. The van der Waals surface area contributed by atoms with Gasteiger partial charge >= 0.3 is 0 Å². The van der Waals surface area contributed by atoms with Gasteiger partial charge in [-0.05, 0) is 17.7 Å². The standard InChI is InChI=1S/C17H13NO2/c1-18-10-15(13-8-6-12(11-19)7-9-13)17(20)14-4-2-3-5-16(14)18/h2-11H,1H3. The van der Waals surface area contributed by atoms with Gasteiger partial charge in [-0.15, -0.1) is 0 Å². The van der Waals surface area contributed by atoms with Crippen molar-refractivity contribution >= 4 is 17.2 Å². The number of aromatic nitrogens is 1. The van der Waals surface area contributed by atoms with Gasteiger partial charge in [0.2, 0.25) is 0 Å². The number of pyridine rings is 1. The Morgan fingerprint density at radius 2 is 1.70 bits per heavy atom. The smallest absolute Gasteiger partial charge is 0.197 e. The number of nitrogens with zero attached hydrogens (tertiary/aromatic N) is 1. The van der Waals surface area contributed by atoms with Crippen LogP contribution in [0.4, 0.5) is 0 Å². The summed E-state index contributed by atoms with van der Waals surface area (Å²) in [5.41, 5.74) is 2.99. The third-order valence-electron chi connectivity index (χ3n) is 3.45. The molecule has 0 saturated heterocycles. The normalized spacial score (nSPS) is 10.7. The number of hydrogen-bond donors (Lipinski definition) is 0. The molecule has 0 aliphatic heterocycles. The maximum atomic E-state index is 12.6. The van der Waals surface area contributed by atoms with Gasteiger partial charge in [0.1, 0.15) is 6.29 Å². The van der Waals surface area contributed by atoms with E-state index in [4.69, 9.17) is 0 Å². The van der Waals surface area contributed by atoms with E-state index in [0.29, 0.717) is 16.5 Å². The average molecular weight is 263 g/mol. The second kappa shape index (κ2) is 4.78. The van der Waals surface area contributed by atoms with Crippen LogP contribution in [0.15, 0.2) is 59.5 Å². The van der Waals surface area contributed by atoms with Crippen molar-refractivity contribution in [2.45, 2.75) is 0 Å². The highest BCUT2D eigenvalue weighted by molar-refractivity contribution is 5.84. The Morgan fingerprint density at radius 3 is 2.40 bits per heavy atom. The molecule has 0 spiro atoms. The van der Waals surface area contributed by atoms with Crippen molar-refractivity contribution in [1.82, 2.24) is 4.57 Å². The summed E-state index contributed by atoms with van der Waals surface area (Å²) in [6.07, 6.45) is 2.63. The lowest BCUT2D eigenvalue weighted by Gasteiger charge is -2.09. The molecule has 0 N–H and O–H groups in total. The number of carbonyl (C=O) groups is 1. The van der Waals surface area contributed by atoms with E-state index in [0.717, 1.165) is 17.4 Å². The van der Waals surface area contributed by atoms with E-state index in [9.17, 15) is 9.59 Å². The van der Waals surface area contributed by atoms with E-state index in [1.54, 1.807) is 24.3 Å². The van der Waals surface area contributed by atoms with Gasteiger partial charge in [-0.3, -0.25) is 9.59 Å². The maximum absolute atomic E-state index is 12.6. The maximum Gasteiger partial charge on any atom is 0.197 e. The molecule has 0 amide bonds. The quantitative estimate of drug-likeness (QED) is 0.667. The van der Waals surface area contributed by atoms with Crippen molar-refractivity contribution in [3.8, 4) is 11.1 Å². The zero-order valence-corrected chi connectivity index (χ0v) is 11.0. The van der Waals surface area contributed by atoms with Crippen molar-refractivity contribution in [3.63, 3.8) is 0 Å². The van der Waals surface area contributed by atoms with Crippen LogP contribution in [-0.4, -0.2) is 10.9 Å². The fourth-order valence-electron chi connectivity index (χ4n) is 2.39. The van der Waals surface area contributed by atoms with E-state index < -0.39 is 0 Å². The van der Waals surface area contributed by atoms with Crippen LogP contribution in [0.2, 0.25) is 0 Å². The Kier molecular flexibility index (Phi) is 2.95. The molecule has 0 atom stereocenters. The predicted molar refractivity (Wildman–Crippen MR) is 80.0 cm³/mol. The van der Waals surface area contributed by atoms with Crippen LogP contribution < -0.4 is 5.43 Å². The number of fused-ring (bicyclic) bond motifs is 1. The largest absolute Gasteiger partial charge is 0.350 e. The molecule has 0 fully saturated rings. The lowest BCUT2D eigenvalue weighted by molar-refractivity contribution is 0.112. The third kappa shape index (κ3) is 1.93. The van der Waals surface area contributed by atoms with Gasteiger partial charge < -0.3 is 4.57 Å². The number of hydrogen-bond acceptors (Lipinski definition) is 2. The van der Waals surface area contributed by atoms with E-state index in [2.05, 4.69) is 0 Å². The number of para-hydroxylation sites is 1. The van der Waals surface area contributed by atoms with Crippen LogP contribution in [0.5, 0.6) is 0 Å². The first-order valence-electron chi connectivity index (χ1n) is 6.34. The lowest BCUT2D eigenvalue weighted by Crippen LogP contribution is -2.10. The molecule has 0 saturated carbocycles. The Balaban J connectivity index is 2.28. The summed E-state index contributed by atoms with van der Waals surface area (Å²) in [5.74, 6) is 0. The highest BCUT2D eigenvalue weighted by Gasteiger charge is 2.08. The first kappa shape index (κ1) is 12.4. The molecule has 0 radical (unpaired) electrons. The number of rotatable bonds is 2. The van der Waals surface area contributed by atoms with Crippen LogP contribution in [0, 0.1) is 0 Å². The van der Waals surface area contributed by atoms with Crippen molar-refractivity contribution in [3.05, 3.63) is 70.5 Å². The van der Waals surface area contributed by atoms with Crippen LogP contribution in [-0.2, 0) is 7.05 Å². The molecule has 3 rings (SSSR count). The predicted octanol–water partition coefficient (Wildman–Crippen LogP) is 3.02. The van der Waals surface area contributed by atoms with Crippen molar-refractivity contribution in [1.29, 1.82) is 0 Å². The molecule has 0 bridgehead atoms. The Hall–Kier alpha value is -2.68.